The molecule has 0 amide bonds. The second kappa shape index (κ2) is 8.35. The van der Waals surface area contributed by atoms with E-state index in [0.29, 0.717) is 12.0 Å². The van der Waals surface area contributed by atoms with Crippen molar-refractivity contribution in [3.8, 4) is 0 Å². The van der Waals surface area contributed by atoms with E-state index in [4.69, 9.17) is 0 Å². The van der Waals surface area contributed by atoms with Gasteiger partial charge >= 0.3 is 0 Å². The van der Waals surface area contributed by atoms with Crippen LogP contribution in [0, 0.1) is 19.8 Å². The first-order chi connectivity index (χ1) is 14.4. The summed E-state index contributed by atoms with van der Waals surface area (Å²) in [5, 5.41) is 0. The summed E-state index contributed by atoms with van der Waals surface area (Å²) in [5.41, 5.74) is 7.37. The van der Waals surface area contributed by atoms with Crippen LogP contribution in [-0.2, 0) is 19.4 Å². The summed E-state index contributed by atoms with van der Waals surface area (Å²) in [6.45, 7) is 6.50. The van der Waals surface area contributed by atoms with Crippen molar-refractivity contribution in [2.45, 2.75) is 46.6 Å². The zero-order valence-corrected chi connectivity index (χ0v) is 17.9. The zero-order valence-electron chi connectivity index (χ0n) is 17.9. The maximum Gasteiger partial charge on any atom is 0.180 e. The van der Waals surface area contributed by atoms with E-state index in [1.807, 2.05) is 42.7 Å². The largest absolute Gasteiger partial charge is 0.294 e. The number of fused-ring (bicyclic) bond motifs is 1. The van der Waals surface area contributed by atoms with Crippen molar-refractivity contribution in [2.24, 2.45) is 5.92 Å². The minimum atomic E-state index is -0.0643. The SMILES string of the molecule is CC(=O)c1c[n+](Cc2ccccc2C)ccc1CC1CCc2cc(C)ccc2C1=O. The maximum atomic E-state index is 13.1. The lowest BCUT2D eigenvalue weighted by Crippen LogP contribution is -2.35. The highest BCUT2D eigenvalue weighted by Gasteiger charge is 2.29. The van der Waals surface area contributed by atoms with E-state index in [2.05, 4.69) is 36.6 Å². The van der Waals surface area contributed by atoms with Crippen LogP contribution in [-0.4, -0.2) is 11.6 Å². The molecule has 4 rings (SSSR count). The van der Waals surface area contributed by atoms with Crippen LogP contribution in [0.5, 0.6) is 0 Å². The van der Waals surface area contributed by atoms with Gasteiger partial charge in [-0.1, -0.05) is 48.0 Å². The van der Waals surface area contributed by atoms with Crippen molar-refractivity contribution >= 4 is 11.6 Å². The molecule has 1 aliphatic rings. The maximum absolute atomic E-state index is 13.1. The highest BCUT2D eigenvalue weighted by Crippen LogP contribution is 2.29. The van der Waals surface area contributed by atoms with E-state index < -0.39 is 0 Å². The molecule has 3 nitrogen and oxygen atoms in total. The Balaban J connectivity index is 1.58. The minimum Gasteiger partial charge on any atom is -0.294 e. The Labute approximate surface area is 178 Å². The second-order valence-corrected chi connectivity index (χ2v) is 8.50. The number of hydrogen-bond acceptors (Lipinski definition) is 2. The first-order valence-electron chi connectivity index (χ1n) is 10.6. The van der Waals surface area contributed by atoms with Gasteiger partial charge in [-0.15, -0.1) is 0 Å². The number of Topliss-reactive ketones (excluding diaryl/α,β-unsaturated/α-hetero) is 2. The van der Waals surface area contributed by atoms with Gasteiger partial charge in [0, 0.05) is 23.1 Å². The number of nitrogens with zero attached hydrogens (tertiary/aromatic N) is 1. The number of carbonyl (C=O) groups is 2. The summed E-state index contributed by atoms with van der Waals surface area (Å²) in [7, 11) is 0. The molecule has 0 aliphatic heterocycles. The standard InChI is InChI=1S/C27H28NO2/c1-18-8-11-25-21(14-18)9-10-23(27(25)30)15-22-12-13-28(17-26(22)20(3)29)16-24-7-5-4-6-19(24)2/h4-8,11-14,17,23H,9-10,15-16H2,1-3H3/q+1. The summed E-state index contributed by atoms with van der Waals surface area (Å²) in [5.74, 6) is 0.191. The molecular weight excluding hydrogens is 370 g/mol. The van der Waals surface area contributed by atoms with Crippen molar-refractivity contribution in [2.75, 3.05) is 0 Å². The van der Waals surface area contributed by atoms with Crippen LogP contribution in [0.4, 0.5) is 0 Å². The molecule has 0 radical (unpaired) electrons. The average Bonchev–Trinajstić information content (AvgIpc) is 2.72. The van der Waals surface area contributed by atoms with Crippen LogP contribution in [0.1, 0.15) is 61.9 Å². The average molecular weight is 399 g/mol. The van der Waals surface area contributed by atoms with Crippen LogP contribution in [0.25, 0.3) is 0 Å². The third-order valence-electron chi connectivity index (χ3n) is 6.23. The smallest absolute Gasteiger partial charge is 0.180 e. The predicted molar refractivity (Wildman–Crippen MR) is 118 cm³/mol. The number of rotatable bonds is 5. The van der Waals surface area contributed by atoms with Gasteiger partial charge in [-0.3, -0.25) is 9.59 Å². The van der Waals surface area contributed by atoms with Crippen molar-refractivity contribution in [1.29, 1.82) is 0 Å². The normalized spacial score (nSPS) is 15.7. The van der Waals surface area contributed by atoms with Crippen LogP contribution in [0.15, 0.2) is 60.9 Å². The summed E-state index contributed by atoms with van der Waals surface area (Å²) in [6.07, 6.45) is 6.34. The van der Waals surface area contributed by atoms with Crippen molar-refractivity contribution in [1.82, 2.24) is 0 Å². The lowest BCUT2D eigenvalue weighted by molar-refractivity contribution is -0.688. The predicted octanol–water partition coefficient (Wildman–Crippen LogP) is 4.83. The third-order valence-corrected chi connectivity index (χ3v) is 6.23. The van der Waals surface area contributed by atoms with Crippen LogP contribution >= 0.6 is 0 Å². The molecule has 1 unspecified atom stereocenters. The molecule has 0 fully saturated rings. The Morgan fingerprint density at radius 2 is 1.87 bits per heavy atom. The van der Waals surface area contributed by atoms with Gasteiger partial charge in [0.05, 0.1) is 5.56 Å². The fraction of sp³-hybridized carbons (Fsp3) is 0.296. The summed E-state index contributed by atoms with van der Waals surface area (Å²) >= 11 is 0. The molecule has 0 N–H and O–H groups in total. The number of aromatic nitrogens is 1. The number of ketones is 2. The molecule has 3 aromatic rings. The lowest BCUT2D eigenvalue weighted by atomic mass is 9.79. The van der Waals surface area contributed by atoms with E-state index in [0.717, 1.165) is 36.1 Å². The highest BCUT2D eigenvalue weighted by atomic mass is 16.1. The molecular formula is C27H28NO2+. The molecule has 1 heterocycles. The van der Waals surface area contributed by atoms with Crippen LogP contribution in [0.2, 0.25) is 0 Å². The number of pyridine rings is 1. The van der Waals surface area contributed by atoms with E-state index in [1.165, 1.54) is 16.7 Å². The van der Waals surface area contributed by atoms with E-state index in [-0.39, 0.29) is 17.5 Å². The van der Waals surface area contributed by atoms with Gasteiger partial charge in [0.1, 0.15) is 0 Å². The van der Waals surface area contributed by atoms with Crippen molar-refractivity contribution < 1.29 is 14.2 Å². The molecule has 1 aliphatic carbocycles. The summed E-state index contributed by atoms with van der Waals surface area (Å²) in [6, 6.07) is 16.4. The van der Waals surface area contributed by atoms with Gasteiger partial charge in [0.2, 0.25) is 0 Å². The van der Waals surface area contributed by atoms with Gasteiger partial charge in [-0.2, -0.15) is 0 Å². The quantitative estimate of drug-likeness (QED) is 0.456. The number of aryl methyl sites for hydroxylation is 3. The molecule has 3 heteroatoms. The molecule has 152 valence electrons. The van der Waals surface area contributed by atoms with Crippen molar-refractivity contribution in [3.63, 3.8) is 0 Å². The lowest BCUT2D eigenvalue weighted by Gasteiger charge is -2.24. The Morgan fingerprint density at radius 3 is 2.63 bits per heavy atom. The Kier molecular flexibility index (Phi) is 5.63. The van der Waals surface area contributed by atoms with Crippen molar-refractivity contribution in [3.05, 3.63) is 99.9 Å². The van der Waals surface area contributed by atoms with Gasteiger partial charge in [-0.25, -0.2) is 4.57 Å². The molecule has 0 saturated heterocycles. The van der Waals surface area contributed by atoms with Crippen LogP contribution < -0.4 is 4.57 Å². The topological polar surface area (TPSA) is 38.0 Å². The molecule has 1 aromatic heterocycles. The van der Waals surface area contributed by atoms with Gasteiger partial charge < -0.3 is 0 Å². The fourth-order valence-corrected chi connectivity index (χ4v) is 4.46. The highest BCUT2D eigenvalue weighted by molar-refractivity contribution is 6.01. The van der Waals surface area contributed by atoms with E-state index >= 15 is 0 Å². The monoisotopic (exact) mass is 398 g/mol. The zero-order chi connectivity index (χ0) is 21.3. The molecule has 0 spiro atoms. The third kappa shape index (κ3) is 4.11. The summed E-state index contributed by atoms with van der Waals surface area (Å²) in [4.78, 5) is 25.5. The first kappa shape index (κ1) is 20.2. The molecule has 0 saturated carbocycles. The number of hydrogen-bond donors (Lipinski definition) is 0. The molecule has 30 heavy (non-hydrogen) atoms. The Morgan fingerprint density at radius 1 is 1.07 bits per heavy atom. The second-order valence-electron chi connectivity index (χ2n) is 8.50. The van der Waals surface area contributed by atoms with Gasteiger partial charge in [0.25, 0.3) is 0 Å². The molecule has 2 aromatic carbocycles. The number of benzene rings is 2. The first-order valence-corrected chi connectivity index (χ1v) is 10.6. The van der Waals surface area contributed by atoms with Crippen LogP contribution in [0.3, 0.4) is 0 Å². The van der Waals surface area contributed by atoms with E-state index in [1.54, 1.807) is 6.92 Å². The Hall–Kier alpha value is -3.07. The van der Waals surface area contributed by atoms with E-state index in [9.17, 15) is 9.59 Å². The minimum absolute atomic E-state index is 0.0448. The van der Waals surface area contributed by atoms with Gasteiger partial charge in [0.15, 0.2) is 30.5 Å². The summed E-state index contributed by atoms with van der Waals surface area (Å²) < 4.78 is 2.06. The van der Waals surface area contributed by atoms with Gasteiger partial charge in [-0.05, 0) is 56.7 Å². The fourth-order valence-electron chi connectivity index (χ4n) is 4.46. The number of carbonyl (C=O) groups excluding carboxylic acids is 2. The molecule has 0 bridgehead atoms. The molecule has 1 atom stereocenters. The Bertz CT molecular complexity index is 1130.